The van der Waals surface area contributed by atoms with E-state index in [4.69, 9.17) is 15.2 Å². The number of carbonyl (C=O) groups is 1. The molecule has 23 heavy (non-hydrogen) atoms. The molecule has 0 aromatic carbocycles. The number of nitrogens with zero attached hydrogens (tertiary/aromatic N) is 3. The van der Waals surface area contributed by atoms with Crippen LogP contribution in [-0.4, -0.2) is 51.9 Å². The molecule has 124 valence electrons. The van der Waals surface area contributed by atoms with Crippen LogP contribution in [0.1, 0.15) is 32.8 Å². The first kappa shape index (κ1) is 15.7. The van der Waals surface area contributed by atoms with Crippen LogP contribution in [0.2, 0.25) is 0 Å². The van der Waals surface area contributed by atoms with Crippen molar-refractivity contribution in [2.75, 3.05) is 18.9 Å². The fourth-order valence-corrected chi connectivity index (χ4v) is 2.91. The van der Waals surface area contributed by atoms with Crippen LogP contribution in [0.3, 0.4) is 0 Å². The number of anilines is 1. The second-order valence-corrected chi connectivity index (χ2v) is 6.87. The first-order valence-corrected chi connectivity index (χ1v) is 7.71. The molecule has 2 atom stereocenters. The molecule has 0 aliphatic carbocycles. The molecule has 2 N–H and O–H groups in total. The van der Waals surface area contributed by atoms with E-state index >= 15 is 0 Å². The van der Waals surface area contributed by atoms with Gasteiger partial charge in [0.25, 0.3) is 0 Å². The van der Waals surface area contributed by atoms with E-state index in [9.17, 15) is 4.79 Å². The SMILES string of the molecule is CC(C)(C)OC(=O)N1C2C=C(c3cnc(N)nc3)CC1COC2. The number of carbonyl (C=O) groups excluding carboxylic acids is 1. The molecular weight excluding hydrogens is 296 g/mol. The highest BCUT2D eigenvalue weighted by atomic mass is 16.6. The zero-order valence-electron chi connectivity index (χ0n) is 13.7. The predicted molar refractivity (Wildman–Crippen MR) is 85.5 cm³/mol. The van der Waals surface area contributed by atoms with Gasteiger partial charge in [-0.1, -0.05) is 6.08 Å². The van der Waals surface area contributed by atoms with Crippen molar-refractivity contribution in [1.29, 1.82) is 0 Å². The minimum Gasteiger partial charge on any atom is -0.444 e. The maximum absolute atomic E-state index is 12.5. The summed E-state index contributed by atoms with van der Waals surface area (Å²) in [6.07, 6.45) is 5.86. The Morgan fingerprint density at radius 2 is 2.04 bits per heavy atom. The number of hydrogen-bond acceptors (Lipinski definition) is 6. The first-order chi connectivity index (χ1) is 10.8. The van der Waals surface area contributed by atoms with Gasteiger partial charge in [-0.2, -0.15) is 0 Å². The molecule has 3 heterocycles. The number of nitrogens with two attached hydrogens (primary N) is 1. The fraction of sp³-hybridized carbons (Fsp3) is 0.562. The van der Waals surface area contributed by atoms with E-state index in [1.165, 1.54) is 0 Å². The lowest BCUT2D eigenvalue weighted by Crippen LogP contribution is -2.57. The molecule has 2 aliphatic heterocycles. The van der Waals surface area contributed by atoms with Gasteiger partial charge in [-0.25, -0.2) is 14.8 Å². The molecule has 2 unspecified atom stereocenters. The van der Waals surface area contributed by atoms with E-state index in [0.717, 1.165) is 11.1 Å². The van der Waals surface area contributed by atoms with E-state index in [-0.39, 0.29) is 24.1 Å². The molecule has 2 bridgehead atoms. The Kier molecular flexibility index (Phi) is 3.97. The van der Waals surface area contributed by atoms with Gasteiger partial charge in [-0.05, 0) is 32.8 Å². The molecule has 1 aromatic rings. The lowest BCUT2D eigenvalue weighted by Gasteiger charge is -2.44. The topological polar surface area (TPSA) is 90.6 Å². The lowest BCUT2D eigenvalue weighted by atomic mass is 9.91. The van der Waals surface area contributed by atoms with Crippen molar-refractivity contribution in [1.82, 2.24) is 14.9 Å². The van der Waals surface area contributed by atoms with Gasteiger partial charge >= 0.3 is 6.09 Å². The van der Waals surface area contributed by atoms with Crippen molar-refractivity contribution in [2.24, 2.45) is 0 Å². The van der Waals surface area contributed by atoms with Gasteiger partial charge < -0.3 is 15.2 Å². The summed E-state index contributed by atoms with van der Waals surface area (Å²) in [6.45, 7) is 6.58. The number of amides is 1. The minimum atomic E-state index is -0.513. The summed E-state index contributed by atoms with van der Waals surface area (Å²) in [5.41, 5.74) is 7.07. The Hall–Kier alpha value is -2.15. The molecule has 1 saturated heterocycles. The van der Waals surface area contributed by atoms with Crippen LogP contribution in [0.4, 0.5) is 10.7 Å². The van der Waals surface area contributed by atoms with E-state index in [1.807, 2.05) is 26.8 Å². The highest BCUT2D eigenvalue weighted by Gasteiger charge is 2.40. The second-order valence-electron chi connectivity index (χ2n) is 6.87. The summed E-state index contributed by atoms with van der Waals surface area (Å²) in [6, 6.07) is -0.175. The van der Waals surface area contributed by atoms with Crippen LogP contribution in [0.25, 0.3) is 5.57 Å². The summed E-state index contributed by atoms with van der Waals surface area (Å²) in [4.78, 5) is 22.4. The second kappa shape index (κ2) is 5.81. The number of rotatable bonds is 1. The van der Waals surface area contributed by atoms with Crippen LogP contribution in [0.15, 0.2) is 18.5 Å². The maximum Gasteiger partial charge on any atom is 0.411 e. The van der Waals surface area contributed by atoms with Gasteiger partial charge in [0.1, 0.15) is 5.60 Å². The normalized spacial score (nSPS) is 24.1. The summed E-state index contributed by atoms with van der Waals surface area (Å²) in [7, 11) is 0. The molecule has 3 rings (SSSR count). The maximum atomic E-state index is 12.5. The Bertz CT molecular complexity index is 621. The van der Waals surface area contributed by atoms with Crippen LogP contribution in [-0.2, 0) is 9.47 Å². The molecule has 1 aromatic heterocycles. The number of hydrogen-bond donors (Lipinski definition) is 1. The molecule has 2 aliphatic rings. The fourth-order valence-electron chi connectivity index (χ4n) is 2.91. The van der Waals surface area contributed by atoms with E-state index in [0.29, 0.717) is 19.6 Å². The van der Waals surface area contributed by atoms with Gasteiger partial charge in [-0.3, -0.25) is 4.90 Å². The van der Waals surface area contributed by atoms with Crippen molar-refractivity contribution in [2.45, 2.75) is 44.9 Å². The molecule has 0 saturated carbocycles. The van der Waals surface area contributed by atoms with Gasteiger partial charge in [0, 0.05) is 18.0 Å². The smallest absolute Gasteiger partial charge is 0.411 e. The van der Waals surface area contributed by atoms with Crippen molar-refractivity contribution in [3.63, 3.8) is 0 Å². The molecule has 0 radical (unpaired) electrons. The van der Waals surface area contributed by atoms with Crippen LogP contribution >= 0.6 is 0 Å². The third kappa shape index (κ3) is 3.44. The van der Waals surface area contributed by atoms with Gasteiger partial charge in [0.15, 0.2) is 0 Å². The highest BCUT2D eigenvalue weighted by Crippen LogP contribution is 2.33. The third-order valence-electron chi connectivity index (χ3n) is 3.85. The first-order valence-electron chi connectivity index (χ1n) is 7.71. The number of fused-ring (bicyclic) bond motifs is 2. The molecule has 1 amide bonds. The highest BCUT2D eigenvalue weighted by molar-refractivity contribution is 5.74. The zero-order valence-corrected chi connectivity index (χ0v) is 13.7. The molecule has 1 fully saturated rings. The zero-order chi connectivity index (χ0) is 16.6. The minimum absolute atomic E-state index is 0.0406. The standard InChI is InChI=1S/C16H22N4O3/c1-16(2,3)23-15(21)20-12-4-10(5-13(20)9-22-8-12)11-6-18-14(17)19-7-11/h4,6-7,12-13H,5,8-9H2,1-3H3,(H2,17,18,19). The van der Waals surface area contributed by atoms with E-state index in [2.05, 4.69) is 9.97 Å². The molecule has 0 spiro atoms. The summed E-state index contributed by atoms with van der Waals surface area (Å²) < 4.78 is 11.1. The third-order valence-corrected chi connectivity index (χ3v) is 3.85. The van der Waals surface area contributed by atoms with E-state index in [1.54, 1.807) is 17.3 Å². The molecule has 7 nitrogen and oxygen atoms in total. The average molecular weight is 318 g/mol. The average Bonchev–Trinajstić information content (AvgIpc) is 2.44. The van der Waals surface area contributed by atoms with Gasteiger partial charge in [0.05, 0.1) is 25.3 Å². The number of nitrogen functional groups attached to an aromatic ring is 1. The Morgan fingerprint density at radius 3 is 2.65 bits per heavy atom. The number of morpholine rings is 1. The van der Waals surface area contributed by atoms with Crippen molar-refractivity contribution in [3.05, 3.63) is 24.0 Å². The van der Waals surface area contributed by atoms with E-state index < -0.39 is 5.60 Å². The van der Waals surface area contributed by atoms with Gasteiger partial charge in [-0.15, -0.1) is 0 Å². The summed E-state index contributed by atoms with van der Waals surface area (Å²) in [5.74, 6) is 0.254. The Labute approximate surface area is 135 Å². The lowest BCUT2D eigenvalue weighted by molar-refractivity contribution is -0.0510. The summed E-state index contributed by atoms with van der Waals surface area (Å²) >= 11 is 0. The Balaban J connectivity index is 1.84. The quantitative estimate of drug-likeness (QED) is 0.850. The van der Waals surface area contributed by atoms with Crippen molar-refractivity contribution in [3.8, 4) is 0 Å². The Morgan fingerprint density at radius 1 is 1.35 bits per heavy atom. The van der Waals surface area contributed by atoms with Crippen LogP contribution in [0, 0.1) is 0 Å². The molecular formula is C16H22N4O3. The van der Waals surface area contributed by atoms with Crippen LogP contribution in [0.5, 0.6) is 0 Å². The van der Waals surface area contributed by atoms with Crippen LogP contribution < -0.4 is 5.73 Å². The van der Waals surface area contributed by atoms with Gasteiger partial charge in [0.2, 0.25) is 5.95 Å². The predicted octanol–water partition coefficient (Wildman–Crippen LogP) is 1.85. The molecule has 7 heteroatoms. The number of ether oxygens (including phenoxy) is 2. The largest absolute Gasteiger partial charge is 0.444 e. The van der Waals surface area contributed by atoms with Crippen molar-refractivity contribution < 1.29 is 14.3 Å². The summed E-state index contributed by atoms with van der Waals surface area (Å²) in [5, 5.41) is 0. The monoisotopic (exact) mass is 318 g/mol. The van der Waals surface area contributed by atoms with Crippen molar-refractivity contribution >= 4 is 17.6 Å². The number of aromatic nitrogens is 2.